The van der Waals surface area contributed by atoms with Crippen LogP contribution in [0.15, 0.2) is 48.5 Å². The zero-order valence-corrected chi connectivity index (χ0v) is 15.0. The molecule has 0 aliphatic carbocycles. The Bertz CT molecular complexity index is 657. The minimum absolute atomic E-state index is 0.0528. The van der Waals surface area contributed by atoms with Gasteiger partial charge in [-0.25, -0.2) is 0 Å². The van der Waals surface area contributed by atoms with E-state index in [-0.39, 0.29) is 12.2 Å². The molecule has 4 unspecified atom stereocenters. The predicted molar refractivity (Wildman–Crippen MR) is 97.6 cm³/mol. The molecule has 4 atom stereocenters. The SMILES string of the molecule is Cc1ccccc1C(CC1CO1)OC(CC1CO1)c1ccccc1C. The minimum Gasteiger partial charge on any atom is -0.373 e. The van der Waals surface area contributed by atoms with Gasteiger partial charge in [0.25, 0.3) is 0 Å². The first-order chi connectivity index (χ1) is 12.2. The first kappa shape index (κ1) is 16.8. The second-order valence-electron chi connectivity index (χ2n) is 7.21. The molecule has 2 fully saturated rings. The lowest BCUT2D eigenvalue weighted by molar-refractivity contribution is -0.0307. The van der Waals surface area contributed by atoms with E-state index in [4.69, 9.17) is 14.2 Å². The van der Waals surface area contributed by atoms with Crippen LogP contribution in [-0.4, -0.2) is 25.4 Å². The van der Waals surface area contributed by atoms with E-state index in [0.29, 0.717) is 12.2 Å². The van der Waals surface area contributed by atoms with E-state index in [9.17, 15) is 0 Å². The van der Waals surface area contributed by atoms with Gasteiger partial charge in [0.15, 0.2) is 0 Å². The summed E-state index contributed by atoms with van der Waals surface area (Å²) in [6, 6.07) is 17.0. The molecule has 0 spiro atoms. The Balaban J connectivity index is 1.60. The Labute approximate surface area is 149 Å². The molecular formula is C22H26O3. The van der Waals surface area contributed by atoms with Crippen LogP contribution >= 0.6 is 0 Å². The van der Waals surface area contributed by atoms with Crippen LogP contribution in [0.25, 0.3) is 0 Å². The number of rotatable bonds is 8. The van der Waals surface area contributed by atoms with Gasteiger partial charge in [0, 0.05) is 12.8 Å². The van der Waals surface area contributed by atoms with E-state index in [1.54, 1.807) is 0 Å². The van der Waals surface area contributed by atoms with Crippen molar-refractivity contribution in [1.82, 2.24) is 0 Å². The van der Waals surface area contributed by atoms with E-state index in [1.807, 2.05) is 0 Å². The van der Waals surface area contributed by atoms with Crippen LogP contribution in [-0.2, 0) is 14.2 Å². The number of epoxide rings is 2. The Hall–Kier alpha value is -1.68. The third-order valence-corrected chi connectivity index (χ3v) is 5.16. The fourth-order valence-electron chi connectivity index (χ4n) is 3.49. The molecule has 0 N–H and O–H groups in total. The Morgan fingerprint density at radius 3 is 1.56 bits per heavy atom. The first-order valence-electron chi connectivity index (χ1n) is 9.20. The molecule has 2 aliphatic heterocycles. The van der Waals surface area contributed by atoms with Gasteiger partial charge in [-0.15, -0.1) is 0 Å². The third-order valence-electron chi connectivity index (χ3n) is 5.16. The summed E-state index contributed by atoms with van der Waals surface area (Å²) in [5.74, 6) is 0. The van der Waals surface area contributed by atoms with Gasteiger partial charge in [0.2, 0.25) is 0 Å². The highest BCUT2D eigenvalue weighted by molar-refractivity contribution is 5.30. The predicted octanol–water partition coefficient (Wildman–Crippen LogP) is 4.68. The summed E-state index contributed by atoms with van der Waals surface area (Å²) in [6.07, 6.45) is 2.60. The molecule has 132 valence electrons. The summed E-state index contributed by atoms with van der Waals surface area (Å²) in [4.78, 5) is 0. The summed E-state index contributed by atoms with van der Waals surface area (Å²) < 4.78 is 17.7. The van der Waals surface area contributed by atoms with E-state index >= 15 is 0 Å². The molecule has 2 heterocycles. The van der Waals surface area contributed by atoms with Gasteiger partial charge < -0.3 is 14.2 Å². The van der Waals surface area contributed by atoms with Gasteiger partial charge in [-0.1, -0.05) is 48.5 Å². The van der Waals surface area contributed by atoms with Crippen LogP contribution in [0.1, 0.15) is 47.3 Å². The highest BCUT2D eigenvalue weighted by atomic mass is 16.6. The molecule has 2 saturated heterocycles. The van der Waals surface area contributed by atoms with Gasteiger partial charge in [-0.3, -0.25) is 0 Å². The number of benzene rings is 2. The molecule has 0 radical (unpaired) electrons. The average molecular weight is 338 g/mol. The van der Waals surface area contributed by atoms with Crippen molar-refractivity contribution in [2.24, 2.45) is 0 Å². The highest BCUT2D eigenvalue weighted by Gasteiger charge is 2.34. The molecule has 2 aliphatic rings. The lowest BCUT2D eigenvalue weighted by Crippen LogP contribution is -2.16. The highest BCUT2D eigenvalue weighted by Crippen LogP contribution is 2.38. The van der Waals surface area contributed by atoms with E-state index in [1.165, 1.54) is 22.3 Å². The molecule has 0 bridgehead atoms. The lowest BCUT2D eigenvalue weighted by Gasteiger charge is -2.27. The molecule has 2 aromatic rings. The molecule has 3 heteroatoms. The topological polar surface area (TPSA) is 34.3 Å². The van der Waals surface area contributed by atoms with Crippen molar-refractivity contribution in [3.05, 3.63) is 70.8 Å². The van der Waals surface area contributed by atoms with Crippen molar-refractivity contribution >= 4 is 0 Å². The Morgan fingerprint density at radius 1 is 0.800 bits per heavy atom. The Morgan fingerprint density at radius 2 is 1.20 bits per heavy atom. The minimum atomic E-state index is 0.0528. The second kappa shape index (κ2) is 7.28. The van der Waals surface area contributed by atoms with Crippen LogP contribution in [0, 0.1) is 13.8 Å². The fraction of sp³-hybridized carbons (Fsp3) is 0.455. The van der Waals surface area contributed by atoms with Crippen molar-refractivity contribution in [2.45, 2.75) is 51.1 Å². The number of aryl methyl sites for hydroxylation is 2. The lowest BCUT2D eigenvalue weighted by atomic mass is 9.97. The van der Waals surface area contributed by atoms with Gasteiger partial charge >= 0.3 is 0 Å². The largest absolute Gasteiger partial charge is 0.373 e. The van der Waals surface area contributed by atoms with Crippen LogP contribution in [0.2, 0.25) is 0 Å². The van der Waals surface area contributed by atoms with Crippen molar-refractivity contribution < 1.29 is 14.2 Å². The quantitative estimate of drug-likeness (QED) is 0.655. The van der Waals surface area contributed by atoms with Gasteiger partial charge in [0.05, 0.1) is 37.6 Å². The molecule has 0 aromatic heterocycles. The monoisotopic (exact) mass is 338 g/mol. The van der Waals surface area contributed by atoms with Crippen molar-refractivity contribution in [2.75, 3.05) is 13.2 Å². The van der Waals surface area contributed by atoms with Crippen molar-refractivity contribution in [1.29, 1.82) is 0 Å². The van der Waals surface area contributed by atoms with Crippen LogP contribution in [0.4, 0.5) is 0 Å². The zero-order valence-electron chi connectivity index (χ0n) is 15.0. The molecule has 4 rings (SSSR count). The number of hydrogen-bond donors (Lipinski definition) is 0. The summed E-state index contributed by atoms with van der Waals surface area (Å²) in [6.45, 7) is 6.03. The van der Waals surface area contributed by atoms with E-state index in [0.717, 1.165) is 26.1 Å². The fourth-order valence-corrected chi connectivity index (χ4v) is 3.49. The summed E-state index contributed by atoms with van der Waals surface area (Å²) in [5, 5.41) is 0. The zero-order chi connectivity index (χ0) is 17.2. The normalized spacial score (nSPS) is 23.9. The third kappa shape index (κ3) is 4.30. The summed E-state index contributed by atoms with van der Waals surface area (Å²) in [5.41, 5.74) is 5.10. The molecule has 0 saturated carbocycles. The van der Waals surface area contributed by atoms with Crippen molar-refractivity contribution in [3.8, 4) is 0 Å². The molecule has 25 heavy (non-hydrogen) atoms. The summed E-state index contributed by atoms with van der Waals surface area (Å²) in [7, 11) is 0. The molecule has 0 amide bonds. The number of hydrogen-bond acceptors (Lipinski definition) is 3. The van der Waals surface area contributed by atoms with Crippen molar-refractivity contribution in [3.63, 3.8) is 0 Å². The van der Waals surface area contributed by atoms with Crippen LogP contribution < -0.4 is 0 Å². The Kier molecular flexibility index (Phi) is 4.89. The van der Waals surface area contributed by atoms with Gasteiger partial charge in [0.1, 0.15) is 0 Å². The van der Waals surface area contributed by atoms with Crippen LogP contribution in [0.3, 0.4) is 0 Å². The standard InChI is InChI=1S/C22H26O3/c1-15-7-3-5-9-19(15)21(11-17-13-23-17)25-22(12-18-14-24-18)20-10-6-4-8-16(20)2/h3-10,17-18,21-22H,11-14H2,1-2H3. The van der Waals surface area contributed by atoms with Crippen LogP contribution in [0.5, 0.6) is 0 Å². The maximum absolute atomic E-state index is 6.73. The molecule has 2 aromatic carbocycles. The summed E-state index contributed by atoms with van der Waals surface area (Å²) >= 11 is 0. The van der Waals surface area contributed by atoms with E-state index in [2.05, 4.69) is 62.4 Å². The molecule has 3 nitrogen and oxygen atoms in total. The van der Waals surface area contributed by atoms with E-state index < -0.39 is 0 Å². The maximum Gasteiger partial charge on any atom is 0.0861 e. The molecular weight excluding hydrogens is 312 g/mol. The first-order valence-corrected chi connectivity index (χ1v) is 9.20. The average Bonchev–Trinajstić information content (AvgIpc) is 3.51. The van der Waals surface area contributed by atoms with Gasteiger partial charge in [-0.05, 0) is 36.1 Å². The smallest absolute Gasteiger partial charge is 0.0861 e. The second-order valence-corrected chi connectivity index (χ2v) is 7.21. The van der Waals surface area contributed by atoms with Gasteiger partial charge in [-0.2, -0.15) is 0 Å². The maximum atomic E-state index is 6.73. The number of ether oxygens (including phenoxy) is 3.